The van der Waals surface area contributed by atoms with Crippen LogP contribution < -0.4 is 0 Å². The van der Waals surface area contributed by atoms with Gasteiger partial charge in [0.25, 0.3) is 0 Å². The zero-order valence-electron chi connectivity index (χ0n) is 6.11. The zero-order valence-corrected chi connectivity index (χ0v) is 6.86. The quantitative estimate of drug-likeness (QED) is 0.714. The van der Waals surface area contributed by atoms with E-state index in [1.165, 1.54) is 4.52 Å². The largest absolute Gasteiger partial charge is 0.392 e. The summed E-state index contributed by atoms with van der Waals surface area (Å²) in [6.07, 6.45) is 3.28. The summed E-state index contributed by atoms with van der Waals surface area (Å²) in [6.45, 7) is -0.0413. The molecule has 0 atom stereocenters. The van der Waals surface area contributed by atoms with Gasteiger partial charge in [0.15, 0.2) is 10.8 Å². The third kappa shape index (κ3) is 1.15. The third-order valence-electron chi connectivity index (χ3n) is 1.52. The molecule has 0 saturated carbocycles. The van der Waals surface area contributed by atoms with E-state index < -0.39 is 0 Å². The molecule has 0 aliphatic rings. The van der Waals surface area contributed by atoms with E-state index in [2.05, 4.69) is 10.1 Å². The van der Waals surface area contributed by atoms with Crippen LogP contribution in [0.4, 0.5) is 0 Å². The van der Waals surface area contributed by atoms with E-state index in [1.54, 1.807) is 18.5 Å². The zero-order chi connectivity index (χ0) is 8.55. The van der Waals surface area contributed by atoms with Crippen molar-refractivity contribution in [3.05, 3.63) is 29.2 Å². The normalized spacial score (nSPS) is 10.8. The van der Waals surface area contributed by atoms with Crippen molar-refractivity contribution in [2.45, 2.75) is 6.61 Å². The van der Waals surface area contributed by atoms with Crippen LogP contribution >= 0.6 is 11.6 Å². The Hall–Kier alpha value is -1.13. The molecule has 0 fully saturated rings. The van der Waals surface area contributed by atoms with Crippen LogP contribution in [0.15, 0.2) is 18.5 Å². The van der Waals surface area contributed by atoms with Gasteiger partial charge in [0.05, 0.1) is 6.61 Å². The number of fused-ring (bicyclic) bond motifs is 1. The van der Waals surface area contributed by atoms with Crippen molar-refractivity contribution in [2.75, 3.05) is 0 Å². The second kappa shape index (κ2) is 2.73. The predicted octanol–water partition coefficient (Wildman–Crippen LogP) is 0.875. The third-order valence-corrected chi connectivity index (χ3v) is 1.70. The number of halogens is 1. The van der Waals surface area contributed by atoms with Gasteiger partial charge in [-0.15, -0.1) is 0 Å². The molecule has 0 aliphatic heterocycles. The Morgan fingerprint density at radius 2 is 2.42 bits per heavy atom. The summed E-state index contributed by atoms with van der Waals surface area (Å²) < 4.78 is 1.54. The van der Waals surface area contributed by atoms with E-state index in [0.29, 0.717) is 16.4 Å². The minimum atomic E-state index is -0.0413. The van der Waals surface area contributed by atoms with Gasteiger partial charge < -0.3 is 5.11 Å². The van der Waals surface area contributed by atoms with Crippen LogP contribution in [0, 0.1) is 0 Å². The first-order chi connectivity index (χ1) is 5.79. The topological polar surface area (TPSA) is 50.4 Å². The highest BCUT2D eigenvalue weighted by Crippen LogP contribution is 2.09. The van der Waals surface area contributed by atoms with Crippen molar-refractivity contribution < 1.29 is 5.11 Å². The molecule has 4 nitrogen and oxygen atoms in total. The Balaban J connectivity index is 2.66. The number of hydrogen-bond acceptors (Lipinski definition) is 3. The summed E-state index contributed by atoms with van der Waals surface area (Å²) >= 11 is 5.64. The van der Waals surface area contributed by atoms with Crippen molar-refractivity contribution in [2.24, 2.45) is 0 Å². The van der Waals surface area contributed by atoms with Gasteiger partial charge in [-0.1, -0.05) is 11.6 Å². The van der Waals surface area contributed by atoms with Crippen LogP contribution in [0.5, 0.6) is 0 Å². The first-order valence-corrected chi connectivity index (χ1v) is 3.78. The van der Waals surface area contributed by atoms with Crippen LogP contribution in [0.25, 0.3) is 5.65 Å². The van der Waals surface area contributed by atoms with Crippen molar-refractivity contribution in [3.63, 3.8) is 0 Å². The van der Waals surface area contributed by atoms with E-state index in [-0.39, 0.29) is 6.61 Å². The van der Waals surface area contributed by atoms with Gasteiger partial charge in [0.2, 0.25) is 0 Å². The number of rotatable bonds is 1. The van der Waals surface area contributed by atoms with Crippen LogP contribution in [0.3, 0.4) is 0 Å². The van der Waals surface area contributed by atoms with Gasteiger partial charge in [-0.05, 0) is 0 Å². The number of hydrogen-bond donors (Lipinski definition) is 1. The first-order valence-electron chi connectivity index (χ1n) is 3.40. The second-order valence-electron chi connectivity index (χ2n) is 2.39. The molecule has 0 bridgehead atoms. The van der Waals surface area contributed by atoms with E-state index in [9.17, 15) is 0 Å². The molecule has 62 valence electrons. The van der Waals surface area contributed by atoms with Gasteiger partial charge in [-0.25, -0.2) is 9.50 Å². The number of aliphatic hydroxyl groups is 1. The molecule has 0 amide bonds. The minimum Gasteiger partial charge on any atom is -0.392 e. The highest BCUT2D eigenvalue weighted by Gasteiger charge is 1.99. The molecule has 1 N–H and O–H groups in total. The Morgan fingerprint density at radius 3 is 3.17 bits per heavy atom. The minimum absolute atomic E-state index is 0.0413. The summed E-state index contributed by atoms with van der Waals surface area (Å²) in [6, 6.07) is 1.66. The fraction of sp³-hybridized carbons (Fsp3) is 0.143. The molecular weight excluding hydrogens is 178 g/mol. The van der Waals surface area contributed by atoms with Gasteiger partial charge in [-0.2, -0.15) is 5.10 Å². The molecule has 5 heteroatoms. The molecule has 0 unspecified atom stereocenters. The molecule has 0 aromatic carbocycles. The highest BCUT2D eigenvalue weighted by molar-refractivity contribution is 6.29. The van der Waals surface area contributed by atoms with Crippen LogP contribution in [0.1, 0.15) is 5.56 Å². The molecule has 0 saturated heterocycles. The standard InChI is InChI=1S/C7H6ClN3O/c8-6-1-7-9-2-5(4-12)3-11(7)10-6/h1-3,12H,4H2. The van der Waals surface area contributed by atoms with Crippen LogP contribution in [0.2, 0.25) is 5.15 Å². The maximum absolute atomic E-state index is 8.79. The predicted molar refractivity (Wildman–Crippen MR) is 43.9 cm³/mol. The monoisotopic (exact) mass is 183 g/mol. The average Bonchev–Trinajstić information content (AvgIpc) is 2.43. The fourth-order valence-electron chi connectivity index (χ4n) is 0.968. The molecule has 2 aromatic heterocycles. The number of aliphatic hydroxyl groups excluding tert-OH is 1. The van der Waals surface area contributed by atoms with Crippen molar-refractivity contribution in [3.8, 4) is 0 Å². The highest BCUT2D eigenvalue weighted by atomic mass is 35.5. The molecule has 2 heterocycles. The summed E-state index contributed by atoms with van der Waals surface area (Å²) in [4.78, 5) is 4.03. The second-order valence-corrected chi connectivity index (χ2v) is 2.78. The van der Waals surface area contributed by atoms with E-state index in [4.69, 9.17) is 16.7 Å². The smallest absolute Gasteiger partial charge is 0.156 e. The summed E-state index contributed by atoms with van der Waals surface area (Å²) in [5, 5.41) is 13.1. The SMILES string of the molecule is OCc1cnc2cc(Cl)nn2c1. The molecule has 0 radical (unpaired) electrons. The van der Waals surface area contributed by atoms with Crippen molar-refractivity contribution >= 4 is 17.2 Å². The lowest BCUT2D eigenvalue weighted by molar-refractivity contribution is 0.280. The van der Waals surface area contributed by atoms with Crippen molar-refractivity contribution in [1.82, 2.24) is 14.6 Å². The summed E-state index contributed by atoms with van der Waals surface area (Å²) in [5.41, 5.74) is 1.39. The maximum Gasteiger partial charge on any atom is 0.156 e. The Labute approximate surface area is 73.4 Å². The molecule has 12 heavy (non-hydrogen) atoms. The van der Waals surface area contributed by atoms with E-state index in [0.717, 1.165) is 0 Å². The van der Waals surface area contributed by atoms with Crippen LogP contribution in [-0.4, -0.2) is 19.7 Å². The summed E-state index contributed by atoms with van der Waals surface area (Å²) in [7, 11) is 0. The molecule has 0 aliphatic carbocycles. The van der Waals surface area contributed by atoms with Gasteiger partial charge in [0.1, 0.15) is 0 Å². The number of nitrogens with zero attached hydrogens (tertiary/aromatic N) is 3. The lowest BCUT2D eigenvalue weighted by Gasteiger charge is -1.94. The van der Waals surface area contributed by atoms with Crippen LogP contribution in [-0.2, 0) is 6.61 Å². The fourth-order valence-corrected chi connectivity index (χ4v) is 1.15. The van der Waals surface area contributed by atoms with Crippen molar-refractivity contribution in [1.29, 1.82) is 0 Å². The Kier molecular flexibility index (Phi) is 1.71. The number of aromatic nitrogens is 3. The maximum atomic E-state index is 8.79. The Morgan fingerprint density at radius 1 is 1.58 bits per heavy atom. The lowest BCUT2D eigenvalue weighted by Crippen LogP contribution is -1.93. The van der Waals surface area contributed by atoms with Gasteiger partial charge in [-0.3, -0.25) is 0 Å². The molecule has 0 spiro atoms. The summed E-state index contributed by atoms with van der Waals surface area (Å²) in [5.74, 6) is 0. The van der Waals surface area contributed by atoms with E-state index >= 15 is 0 Å². The Bertz CT molecular complexity index is 412. The first kappa shape index (κ1) is 7.52. The molecule has 2 aromatic rings. The van der Waals surface area contributed by atoms with E-state index in [1.807, 2.05) is 0 Å². The van der Waals surface area contributed by atoms with Gasteiger partial charge >= 0.3 is 0 Å². The lowest BCUT2D eigenvalue weighted by atomic mass is 10.4. The molecule has 2 rings (SSSR count). The van der Waals surface area contributed by atoms with Gasteiger partial charge in [0, 0.05) is 24.0 Å². The molecular formula is C7H6ClN3O. The average molecular weight is 184 g/mol.